The van der Waals surface area contributed by atoms with Crippen LogP contribution in [-0.4, -0.2) is 50.0 Å². The Hall–Kier alpha value is -3.55. The van der Waals surface area contributed by atoms with Crippen molar-refractivity contribution in [2.75, 3.05) is 41.3 Å². The van der Waals surface area contributed by atoms with Crippen molar-refractivity contribution in [3.63, 3.8) is 0 Å². The number of nitrogens with one attached hydrogen (secondary N) is 2. The predicted octanol–water partition coefficient (Wildman–Crippen LogP) is 1.77. The van der Waals surface area contributed by atoms with Crippen LogP contribution in [-0.2, 0) is 14.4 Å². The lowest BCUT2D eigenvalue weighted by Crippen LogP contribution is -2.47. The fraction of sp³-hybridized carbons (Fsp3) is 0.318. The molecule has 2 aliphatic rings. The zero-order chi connectivity index (χ0) is 21.1. The summed E-state index contributed by atoms with van der Waals surface area (Å²) in [6.45, 7) is 3.69. The van der Waals surface area contributed by atoms with E-state index in [1.807, 2.05) is 53.4 Å². The Morgan fingerprint density at radius 3 is 2.70 bits per heavy atom. The van der Waals surface area contributed by atoms with Crippen molar-refractivity contribution in [3.8, 4) is 5.75 Å². The largest absolute Gasteiger partial charge is 0.479 e. The Bertz CT molecular complexity index is 960. The van der Waals surface area contributed by atoms with Crippen LogP contribution in [0.3, 0.4) is 0 Å². The standard InChI is InChI=1S/C22H24N4O4/c1-15-22(29)26(18-4-2-3-5-19(18)30-15)12-10-20(27)24-16-6-8-17(9-7-16)25-13-11-23-21(28)14-25/h2-9,15H,10-14H2,1H3,(H,23,28)(H,24,27). The molecule has 0 saturated carbocycles. The topological polar surface area (TPSA) is 91.0 Å². The van der Waals surface area contributed by atoms with Crippen LogP contribution in [0.15, 0.2) is 48.5 Å². The molecule has 1 unspecified atom stereocenters. The number of carbonyl (C=O) groups excluding carboxylic acids is 3. The smallest absolute Gasteiger partial charge is 0.267 e. The van der Waals surface area contributed by atoms with Gasteiger partial charge in [-0.2, -0.15) is 0 Å². The van der Waals surface area contributed by atoms with Crippen molar-refractivity contribution >= 4 is 34.8 Å². The van der Waals surface area contributed by atoms with Gasteiger partial charge in [0.15, 0.2) is 6.10 Å². The number of anilines is 3. The zero-order valence-electron chi connectivity index (χ0n) is 16.8. The maximum Gasteiger partial charge on any atom is 0.267 e. The minimum atomic E-state index is -0.577. The number of amides is 3. The number of fused-ring (bicyclic) bond motifs is 1. The van der Waals surface area contributed by atoms with Crippen LogP contribution in [0.5, 0.6) is 5.75 Å². The molecular weight excluding hydrogens is 384 g/mol. The molecule has 2 N–H and O–H groups in total. The van der Waals surface area contributed by atoms with Gasteiger partial charge in [0.05, 0.1) is 12.2 Å². The van der Waals surface area contributed by atoms with E-state index in [0.717, 1.165) is 12.2 Å². The molecular formula is C22H24N4O4. The van der Waals surface area contributed by atoms with Crippen LogP contribution < -0.4 is 25.2 Å². The first kappa shape index (κ1) is 19.8. The third-order valence-electron chi connectivity index (χ3n) is 5.19. The highest BCUT2D eigenvalue weighted by molar-refractivity contribution is 6.00. The van der Waals surface area contributed by atoms with Gasteiger partial charge in [-0.15, -0.1) is 0 Å². The van der Waals surface area contributed by atoms with Gasteiger partial charge in [-0.25, -0.2) is 0 Å². The van der Waals surface area contributed by atoms with Gasteiger partial charge in [0.25, 0.3) is 5.91 Å². The predicted molar refractivity (Wildman–Crippen MR) is 114 cm³/mol. The van der Waals surface area contributed by atoms with Gasteiger partial charge < -0.3 is 25.2 Å². The molecule has 156 valence electrons. The number of para-hydroxylation sites is 2. The van der Waals surface area contributed by atoms with Gasteiger partial charge in [-0.3, -0.25) is 14.4 Å². The number of benzene rings is 2. The van der Waals surface area contributed by atoms with Gasteiger partial charge in [0.2, 0.25) is 11.8 Å². The van der Waals surface area contributed by atoms with Crippen molar-refractivity contribution in [3.05, 3.63) is 48.5 Å². The van der Waals surface area contributed by atoms with E-state index in [4.69, 9.17) is 4.74 Å². The quantitative estimate of drug-likeness (QED) is 0.787. The summed E-state index contributed by atoms with van der Waals surface area (Å²) in [5.41, 5.74) is 2.29. The van der Waals surface area contributed by atoms with Crippen LogP contribution in [0.2, 0.25) is 0 Å². The molecule has 0 bridgehead atoms. The summed E-state index contributed by atoms with van der Waals surface area (Å²) < 4.78 is 5.62. The van der Waals surface area contributed by atoms with E-state index in [1.54, 1.807) is 11.8 Å². The first-order valence-corrected chi connectivity index (χ1v) is 10.00. The number of hydrogen-bond donors (Lipinski definition) is 2. The van der Waals surface area contributed by atoms with Gasteiger partial charge in [-0.1, -0.05) is 12.1 Å². The zero-order valence-corrected chi connectivity index (χ0v) is 16.8. The molecule has 2 heterocycles. The Labute approximate surface area is 174 Å². The first-order valence-electron chi connectivity index (χ1n) is 10.00. The second kappa shape index (κ2) is 8.44. The minimum Gasteiger partial charge on any atom is -0.479 e. The van der Waals surface area contributed by atoms with Gasteiger partial charge >= 0.3 is 0 Å². The summed E-state index contributed by atoms with van der Waals surface area (Å²) in [6, 6.07) is 14.7. The van der Waals surface area contributed by atoms with Crippen molar-refractivity contribution < 1.29 is 19.1 Å². The average Bonchev–Trinajstić information content (AvgIpc) is 2.74. The van der Waals surface area contributed by atoms with E-state index in [-0.39, 0.29) is 30.7 Å². The van der Waals surface area contributed by atoms with Crippen LogP contribution in [0, 0.1) is 0 Å². The number of piperazine rings is 1. The number of carbonyl (C=O) groups is 3. The van der Waals surface area contributed by atoms with Gasteiger partial charge in [0.1, 0.15) is 5.75 Å². The Morgan fingerprint density at radius 1 is 1.17 bits per heavy atom. The molecule has 2 aromatic rings. The van der Waals surface area contributed by atoms with Crippen molar-refractivity contribution in [2.45, 2.75) is 19.4 Å². The summed E-state index contributed by atoms with van der Waals surface area (Å²) in [5, 5.41) is 5.66. The fourth-order valence-electron chi connectivity index (χ4n) is 3.64. The third kappa shape index (κ3) is 4.22. The van der Waals surface area contributed by atoms with Crippen molar-refractivity contribution in [2.24, 2.45) is 0 Å². The van der Waals surface area contributed by atoms with Crippen LogP contribution >= 0.6 is 0 Å². The SMILES string of the molecule is CC1Oc2ccccc2N(CCC(=O)Nc2ccc(N3CCNC(=O)C3)cc2)C1=O. The van der Waals surface area contributed by atoms with Gasteiger partial charge in [0, 0.05) is 37.4 Å². The maximum atomic E-state index is 12.5. The number of rotatable bonds is 5. The van der Waals surface area contributed by atoms with E-state index >= 15 is 0 Å². The highest BCUT2D eigenvalue weighted by atomic mass is 16.5. The Morgan fingerprint density at radius 2 is 1.93 bits per heavy atom. The molecule has 1 fully saturated rings. The number of nitrogens with zero attached hydrogens (tertiary/aromatic N) is 2. The summed E-state index contributed by atoms with van der Waals surface area (Å²) in [5.74, 6) is 0.320. The fourth-order valence-corrected chi connectivity index (χ4v) is 3.64. The lowest BCUT2D eigenvalue weighted by molar-refractivity contribution is -0.125. The third-order valence-corrected chi connectivity index (χ3v) is 5.19. The molecule has 2 aliphatic heterocycles. The molecule has 8 nitrogen and oxygen atoms in total. The second-order valence-corrected chi connectivity index (χ2v) is 7.33. The number of hydrogen-bond acceptors (Lipinski definition) is 5. The molecule has 4 rings (SSSR count). The normalized spacial score (nSPS) is 18.4. The first-order chi connectivity index (χ1) is 14.5. The lowest BCUT2D eigenvalue weighted by atomic mass is 10.1. The van der Waals surface area contributed by atoms with Crippen molar-refractivity contribution in [1.29, 1.82) is 0 Å². The van der Waals surface area contributed by atoms with Gasteiger partial charge in [-0.05, 0) is 43.3 Å². The Kier molecular flexibility index (Phi) is 5.56. The summed E-state index contributed by atoms with van der Waals surface area (Å²) in [6.07, 6.45) is -0.409. The van der Waals surface area contributed by atoms with E-state index in [0.29, 0.717) is 30.2 Å². The molecule has 2 aromatic carbocycles. The molecule has 0 aromatic heterocycles. The van der Waals surface area contributed by atoms with E-state index in [9.17, 15) is 14.4 Å². The molecule has 0 radical (unpaired) electrons. The van der Waals surface area contributed by atoms with Crippen molar-refractivity contribution in [1.82, 2.24) is 5.32 Å². The summed E-state index contributed by atoms with van der Waals surface area (Å²) >= 11 is 0. The Balaban J connectivity index is 1.35. The second-order valence-electron chi connectivity index (χ2n) is 7.33. The van der Waals surface area contributed by atoms with E-state index in [1.165, 1.54) is 0 Å². The molecule has 3 amide bonds. The average molecular weight is 408 g/mol. The molecule has 1 atom stereocenters. The summed E-state index contributed by atoms with van der Waals surface area (Å²) in [7, 11) is 0. The van der Waals surface area contributed by atoms with Crippen LogP contribution in [0.4, 0.5) is 17.1 Å². The van der Waals surface area contributed by atoms with Crippen LogP contribution in [0.25, 0.3) is 0 Å². The molecule has 0 aliphatic carbocycles. The summed E-state index contributed by atoms with van der Waals surface area (Å²) in [4.78, 5) is 40.1. The highest BCUT2D eigenvalue weighted by Gasteiger charge is 2.31. The highest BCUT2D eigenvalue weighted by Crippen LogP contribution is 2.33. The molecule has 0 spiro atoms. The molecule has 30 heavy (non-hydrogen) atoms. The minimum absolute atomic E-state index is 0.00665. The monoisotopic (exact) mass is 408 g/mol. The molecule has 8 heteroatoms. The molecule has 1 saturated heterocycles. The maximum absolute atomic E-state index is 12.5. The van der Waals surface area contributed by atoms with Crippen LogP contribution in [0.1, 0.15) is 13.3 Å². The van der Waals surface area contributed by atoms with E-state index in [2.05, 4.69) is 10.6 Å². The van der Waals surface area contributed by atoms with E-state index < -0.39 is 6.10 Å². The number of ether oxygens (including phenoxy) is 1. The lowest BCUT2D eigenvalue weighted by Gasteiger charge is -2.32.